The second-order valence-electron chi connectivity index (χ2n) is 7.90. The van der Waals surface area contributed by atoms with Gasteiger partial charge < -0.3 is 9.47 Å². The minimum Gasteiger partial charge on any atom is -0.489 e. The molecule has 2 atom stereocenters. The first kappa shape index (κ1) is 24.4. The van der Waals surface area contributed by atoms with Crippen LogP contribution in [0, 0.1) is 0 Å². The first-order valence-electron chi connectivity index (χ1n) is 11.0. The van der Waals surface area contributed by atoms with Crippen LogP contribution in [0.3, 0.4) is 0 Å². The van der Waals surface area contributed by atoms with Crippen molar-refractivity contribution in [2.24, 2.45) is 5.10 Å². The van der Waals surface area contributed by atoms with Crippen molar-refractivity contribution in [3.05, 3.63) is 100 Å². The van der Waals surface area contributed by atoms with Crippen LogP contribution in [0.5, 0.6) is 5.75 Å². The van der Waals surface area contributed by atoms with Gasteiger partial charge in [-0.05, 0) is 36.2 Å². The second-order valence-corrected chi connectivity index (χ2v) is 8.30. The number of hydrazone groups is 1. The Hall–Kier alpha value is -3.72. The van der Waals surface area contributed by atoms with Crippen LogP contribution in [0.1, 0.15) is 39.5 Å². The molecule has 180 valence electrons. The lowest BCUT2D eigenvalue weighted by Gasteiger charge is -2.16. The topological polar surface area (TPSA) is 101 Å². The Labute approximate surface area is 208 Å². The van der Waals surface area contributed by atoms with Gasteiger partial charge in [-0.15, -0.1) is 0 Å². The van der Waals surface area contributed by atoms with Crippen molar-refractivity contribution in [1.82, 2.24) is 16.3 Å². The van der Waals surface area contributed by atoms with Crippen LogP contribution in [-0.2, 0) is 16.1 Å². The Morgan fingerprint density at radius 3 is 2.57 bits per heavy atom. The van der Waals surface area contributed by atoms with Gasteiger partial charge in [0.25, 0.3) is 5.91 Å². The van der Waals surface area contributed by atoms with Crippen molar-refractivity contribution in [2.75, 3.05) is 7.11 Å². The first-order chi connectivity index (χ1) is 17.0. The highest BCUT2D eigenvalue weighted by atomic mass is 35.5. The third-order valence-electron chi connectivity index (χ3n) is 5.58. The summed E-state index contributed by atoms with van der Waals surface area (Å²) in [4.78, 5) is 24.1. The molecule has 3 aromatic rings. The molecule has 0 spiro atoms. The molecule has 1 fully saturated rings. The number of carbonyl (C=O) groups excluding carboxylic acids is 2. The van der Waals surface area contributed by atoms with Crippen LogP contribution >= 0.6 is 11.6 Å². The number of nitrogens with one attached hydrogen (secondary N) is 3. The fraction of sp³-hybridized carbons (Fsp3) is 0.192. The van der Waals surface area contributed by atoms with Crippen molar-refractivity contribution >= 4 is 29.7 Å². The molecular formula is C26H25ClN4O4. The van der Waals surface area contributed by atoms with Crippen LogP contribution in [0.4, 0.5) is 0 Å². The Bertz CT molecular complexity index is 1220. The number of rotatable bonds is 8. The average molecular weight is 493 g/mol. The van der Waals surface area contributed by atoms with Gasteiger partial charge in [-0.2, -0.15) is 5.10 Å². The normalized spacial score (nSPS) is 17.3. The highest BCUT2D eigenvalue weighted by Gasteiger charge is 2.31. The van der Waals surface area contributed by atoms with Gasteiger partial charge in [-0.3, -0.25) is 4.79 Å². The minimum atomic E-state index is -0.476. The van der Waals surface area contributed by atoms with Crippen molar-refractivity contribution in [3.63, 3.8) is 0 Å². The molecule has 1 aliphatic heterocycles. The summed E-state index contributed by atoms with van der Waals surface area (Å²) in [5.41, 5.74) is 11.8. The zero-order valence-electron chi connectivity index (χ0n) is 19.0. The third kappa shape index (κ3) is 6.24. The van der Waals surface area contributed by atoms with Crippen molar-refractivity contribution in [1.29, 1.82) is 0 Å². The molecule has 3 N–H and O–H groups in total. The number of amides is 1. The maximum absolute atomic E-state index is 12.6. The predicted octanol–water partition coefficient (Wildman–Crippen LogP) is 3.76. The summed E-state index contributed by atoms with van der Waals surface area (Å²) in [6.45, 7) is 0.343. The molecule has 8 nitrogen and oxygen atoms in total. The number of hydrogen-bond acceptors (Lipinski definition) is 7. The van der Waals surface area contributed by atoms with E-state index in [1.807, 2.05) is 48.5 Å². The van der Waals surface area contributed by atoms with E-state index >= 15 is 0 Å². The Kier molecular flexibility index (Phi) is 8.10. The number of hydrazine groups is 1. The number of benzene rings is 3. The smallest absolute Gasteiger partial charge is 0.337 e. The Morgan fingerprint density at radius 1 is 1.06 bits per heavy atom. The molecule has 0 bridgehead atoms. The maximum Gasteiger partial charge on any atom is 0.337 e. The summed E-state index contributed by atoms with van der Waals surface area (Å²) >= 11 is 6.24. The summed E-state index contributed by atoms with van der Waals surface area (Å²) in [6.07, 6.45) is 2.03. The van der Waals surface area contributed by atoms with Gasteiger partial charge in [0, 0.05) is 16.1 Å². The standard InChI is InChI=1S/C26H25ClN4O4/c1-34-26(33)18-12-10-17(11-13-18)15-28-31-25(32)23-14-22(29-30-23)20-7-3-5-9-24(20)35-16-19-6-2-4-8-21(19)27/h2-13,15,22-23,29-30H,14,16H2,1H3,(H,31,32)/b28-15-. The summed E-state index contributed by atoms with van der Waals surface area (Å²) < 4.78 is 10.7. The molecule has 0 aliphatic carbocycles. The van der Waals surface area contributed by atoms with E-state index in [2.05, 4.69) is 26.1 Å². The number of methoxy groups -OCH3 is 1. The fourth-order valence-corrected chi connectivity index (χ4v) is 3.86. The number of para-hydroxylation sites is 1. The molecule has 0 radical (unpaired) electrons. The van der Waals surface area contributed by atoms with E-state index in [1.165, 1.54) is 13.3 Å². The number of nitrogens with zero attached hydrogens (tertiary/aromatic N) is 1. The van der Waals surface area contributed by atoms with Gasteiger partial charge in [-0.25, -0.2) is 21.1 Å². The van der Waals surface area contributed by atoms with Crippen molar-refractivity contribution < 1.29 is 19.1 Å². The number of carbonyl (C=O) groups is 2. The maximum atomic E-state index is 12.6. The lowest BCUT2D eigenvalue weighted by molar-refractivity contribution is -0.122. The van der Waals surface area contributed by atoms with Crippen molar-refractivity contribution in [2.45, 2.75) is 25.1 Å². The first-order valence-corrected chi connectivity index (χ1v) is 11.4. The van der Waals surface area contributed by atoms with Crippen LogP contribution in [-0.4, -0.2) is 31.2 Å². The van der Waals surface area contributed by atoms with Crippen molar-refractivity contribution in [3.8, 4) is 5.75 Å². The molecular weight excluding hydrogens is 468 g/mol. The summed E-state index contributed by atoms with van der Waals surface area (Å²) in [5, 5.41) is 4.68. The molecule has 2 unspecified atom stereocenters. The van der Waals surface area contributed by atoms with Gasteiger partial charge in [0.05, 0.1) is 24.9 Å². The van der Waals surface area contributed by atoms with E-state index in [9.17, 15) is 9.59 Å². The second kappa shape index (κ2) is 11.6. The number of halogens is 1. The lowest BCUT2D eigenvalue weighted by atomic mass is 10.0. The lowest BCUT2D eigenvalue weighted by Crippen LogP contribution is -2.41. The van der Waals surface area contributed by atoms with Gasteiger partial charge in [0.1, 0.15) is 18.4 Å². The van der Waals surface area contributed by atoms with Gasteiger partial charge in [0.2, 0.25) is 0 Å². The summed E-state index contributed by atoms with van der Waals surface area (Å²) in [7, 11) is 1.33. The predicted molar refractivity (Wildman–Crippen MR) is 133 cm³/mol. The molecule has 0 aromatic heterocycles. The molecule has 1 heterocycles. The average Bonchev–Trinajstić information content (AvgIpc) is 3.39. The van der Waals surface area contributed by atoms with Gasteiger partial charge in [-0.1, -0.05) is 60.1 Å². The molecule has 3 aromatic carbocycles. The molecule has 9 heteroatoms. The zero-order valence-corrected chi connectivity index (χ0v) is 19.8. The van der Waals surface area contributed by atoms with E-state index in [4.69, 9.17) is 16.3 Å². The van der Waals surface area contributed by atoms with Crippen LogP contribution < -0.4 is 21.0 Å². The summed E-state index contributed by atoms with van der Waals surface area (Å²) in [5.74, 6) is 0.0464. The van der Waals surface area contributed by atoms with E-state index in [0.717, 1.165) is 22.4 Å². The van der Waals surface area contributed by atoms with Gasteiger partial charge in [0.15, 0.2) is 0 Å². The highest BCUT2D eigenvalue weighted by molar-refractivity contribution is 6.31. The number of esters is 1. The molecule has 1 aliphatic rings. The highest BCUT2D eigenvalue weighted by Crippen LogP contribution is 2.31. The van der Waals surface area contributed by atoms with E-state index in [1.54, 1.807) is 24.3 Å². The Morgan fingerprint density at radius 2 is 1.80 bits per heavy atom. The number of ether oxygens (including phenoxy) is 2. The monoisotopic (exact) mass is 492 g/mol. The molecule has 35 heavy (non-hydrogen) atoms. The largest absolute Gasteiger partial charge is 0.489 e. The SMILES string of the molecule is COC(=O)c1ccc(/C=N\NC(=O)C2CC(c3ccccc3OCc3ccccc3Cl)NN2)cc1. The fourth-order valence-electron chi connectivity index (χ4n) is 3.67. The van der Waals surface area contributed by atoms with Crippen LogP contribution in [0.25, 0.3) is 0 Å². The third-order valence-corrected chi connectivity index (χ3v) is 5.94. The molecule has 0 saturated carbocycles. The molecule has 1 amide bonds. The zero-order chi connectivity index (χ0) is 24.6. The van der Waals surface area contributed by atoms with E-state index in [-0.39, 0.29) is 11.9 Å². The van der Waals surface area contributed by atoms with E-state index < -0.39 is 12.0 Å². The molecule has 4 rings (SSSR count). The molecule has 1 saturated heterocycles. The number of hydrogen-bond donors (Lipinski definition) is 3. The summed E-state index contributed by atoms with van der Waals surface area (Å²) in [6, 6.07) is 21.4. The minimum absolute atomic E-state index is 0.122. The van der Waals surface area contributed by atoms with Crippen LogP contribution in [0.2, 0.25) is 5.02 Å². The Balaban J connectivity index is 1.32. The van der Waals surface area contributed by atoms with Crippen LogP contribution in [0.15, 0.2) is 77.9 Å². The van der Waals surface area contributed by atoms with Gasteiger partial charge >= 0.3 is 5.97 Å². The van der Waals surface area contributed by atoms with E-state index in [0.29, 0.717) is 23.6 Å². The quantitative estimate of drug-likeness (QED) is 0.251.